The fraction of sp³-hybridized carbons (Fsp3) is 0.962. The van der Waals surface area contributed by atoms with Gasteiger partial charge in [0.25, 0.3) is 10.1 Å². The number of nitrogens with zero attached hydrogens (tertiary/aromatic N) is 2. The number of nitrogens with one attached hydrogen (secondary N) is 1. The van der Waals surface area contributed by atoms with Gasteiger partial charge >= 0.3 is 0 Å². The molecule has 1 heterocycles. The van der Waals surface area contributed by atoms with Crippen molar-refractivity contribution in [2.45, 2.75) is 96.7 Å². The molecule has 0 saturated heterocycles. The fourth-order valence-electron chi connectivity index (χ4n) is 9.39. The quantitative estimate of drug-likeness (QED) is 0.443. The molecule has 4 aliphatic carbocycles. The number of aliphatic hydroxyl groups excluding tert-OH is 1. The molecule has 8 nitrogen and oxygen atoms in total. The minimum Gasteiger partial charge on any atom is -0.393 e. The smallest absolute Gasteiger partial charge is 0.266 e. The van der Waals surface area contributed by atoms with Gasteiger partial charge in [0.2, 0.25) is 5.91 Å². The average molecular weight is 510 g/mol. The second kappa shape index (κ2) is 8.76. The van der Waals surface area contributed by atoms with E-state index in [1.807, 2.05) is 0 Å². The zero-order chi connectivity index (χ0) is 25.2. The maximum absolute atomic E-state index is 12.2. The number of amides is 1. The second-order valence-corrected chi connectivity index (χ2v) is 14.6. The van der Waals surface area contributed by atoms with Gasteiger partial charge in [0.1, 0.15) is 0 Å². The molecule has 9 atom stereocenters. The molecule has 0 bridgehead atoms. The molecule has 0 radical (unpaired) electrons. The van der Waals surface area contributed by atoms with Crippen molar-refractivity contribution in [3.8, 4) is 0 Å². The van der Waals surface area contributed by atoms with Gasteiger partial charge in [-0.1, -0.05) is 20.8 Å². The summed E-state index contributed by atoms with van der Waals surface area (Å²) in [6.45, 7) is 7.15. The van der Waals surface area contributed by atoms with Crippen molar-refractivity contribution in [3.05, 3.63) is 0 Å². The summed E-state index contributed by atoms with van der Waals surface area (Å²) in [5.41, 5.74) is 0.379. The van der Waals surface area contributed by atoms with Gasteiger partial charge in [-0.2, -0.15) is 18.6 Å². The van der Waals surface area contributed by atoms with Gasteiger partial charge in [-0.15, -0.1) is 0 Å². The molecule has 4 saturated carbocycles. The Morgan fingerprint density at radius 1 is 1.09 bits per heavy atom. The molecule has 1 spiro atoms. The molecule has 3 N–H and O–H groups in total. The van der Waals surface area contributed by atoms with Gasteiger partial charge in [-0.25, -0.2) is 0 Å². The molecule has 1 amide bonds. The Labute approximate surface area is 209 Å². The summed E-state index contributed by atoms with van der Waals surface area (Å²) in [7, 11) is -4.06. The summed E-state index contributed by atoms with van der Waals surface area (Å²) in [6.07, 6.45) is 9.78. The molecule has 5 aliphatic rings. The minimum absolute atomic E-state index is 0.0563. The van der Waals surface area contributed by atoms with E-state index in [0.717, 1.165) is 32.1 Å². The van der Waals surface area contributed by atoms with E-state index >= 15 is 0 Å². The highest BCUT2D eigenvalue weighted by molar-refractivity contribution is 7.85. The highest BCUT2D eigenvalue weighted by Gasteiger charge is 2.65. The Hall–Kier alpha value is -1.06. The molecule has 198 valence electrons. The first-order valence-electron chi connectivity index (χ1n) is 13.7. The van der Waals surface area contributed by atoms with Crippen molar-refractivity contribution in [1.29, 1.82) is 0 Å². The Morgan fingerprint density at radius 2 is 1.80 bits per heavy atom. The molecule has 0 aromatic carbocycles. The van der Waals surface area contributed by atoms with Gasteiger partial charge in [0.05, 0.1) is 11.9 Å². The molecule has 35 heavy (non-hydrogen) atoms. The number of aliphatic hydroxyl groups is 1. The first-order chi connectivity index (χ1) is 16.4. The minimum atomic E-state index is -4.06. The lowest BCUT2D eigenvalue weighted by atomic mass is 9.43. The molecule has 1 unspecified atom stereocenters. The molecular formula is C26H43N3O5S. The molecule has 5 rings (SSSR count). The Kier molecular flexibility index (Phi) is 6.40. The van der Waals surface area contributed by atoms with Crippen LogP contribution in [0.5, 0.6) is 0 Å². The standard InChI is InChI=1S/C26H43N3O5S/c1-16(4-7-22(31)27-12-13-35(32,33)34)18-5-6-19-23-20(8-9-25(18,19)3)24(2)10-11-26(28-29-26)15-17(24)14-21(23)30/h16-21,23,30H,4-15H2,1-3H3,(H,27,31)(H,32,33,34)/t16-,17?,18-,19+,20+,21+,23+,24+,25-/m1/s1. The predicted molar refractivity (Wildman–Crippen MR) is 132 cm³/mol. The van der Waals surface area contributed by atoms with E-state index < -0.39 is 15.9 Å². The Bertz CT molecular complexity index is 979. The van der Waals surface area contributed by atoms with Gasteiger partial charge in [0.15, 0.2) is 5.66 Å². The van der Waals surface area contributed by atoms with Crippen molar-refractivity contribution in [2.24, 2.45) is 56.6 Å². The van der Waals surface area contributed by atoms with E-state index in [0.29, 0.717) is 41.9 Å². The predicted octanol–water partition coefficient (Wildman–Crippen LogP) is 4.20. The van der Waals surface area contributed by atoms with Gasteiger partial charge in [-0.05, 0) is 104 Å². The van der Waals surface area contributed by atoms with E-state index in [-0.39, 0.29) is 35.0 Å². The van der Waals surface area contributed by atoms with Crippen LogP contribution in [0.25, 0.3) is 0 Å². The van der Waals surface area contributed by atoms with Crippen LogP contribution in [-0.4, -0.2) is 48.0 Å². The monoisotopic (exact) mass is 509 g/mol. The molecule has 1 aliphatic heterocycles. The zero-order valence-corrected chi connectivity index (χ0v) is 22.3. The van der Waals surface area contributed by atoms with Crippen molar-refractivity contribution in [1.82, 2.24) is 5.32 Å². The fourth-order valence-corrected chi connectivity index (χ4v) is 9.75. The zero-order valence-electron chi connectivity index (χ0n) is 21.4. The number of rotatable bonds is 7. The van der Waals surface area contributed by atoms with E-state index in [4.69, 9.17) is 4.55 Å². The maximum Gasteiger partial charge on any atom is 0.266 e. The summed E-state index contributed by atoms with van der Waals surface area (Å²) in [6, 6.07) is 0. The Balaban J connectivity index is 1.22. The summed E-state index contributed by atoms with van der Waals surface area (Å²) < 4.78 is 30.5. The largest absolute Gasteiger partial charge is 0.393 e. The second-order valence-electron chi connectivity index (χ2n) is 13.1. The first kappa shape index (κ1) is 25.6. The number of carbonyl (C=O) groups excluding carboxylic acids is 1. The van der Waals surface area contributed by atoms with E-state index in [9.17, 15) is 18.3 Å². The van der Waals surface area contributed by atoms with Crippen molar-refractivity contribution < 1.29 is 22.9 Å². The van der Waals surface area contributed by atoms with Crippen LogP contribution in [0.1, 0.15) is 85.0 Å². The van der Waals surface area contributed by atoms with Crippen LogP contribution in [0.15, 0.2) is 10.2 Å². The van der Waals surface area contributed by atoms with Crippen LogP contribution in [0, 0.1) is 46.3 Å². The molecule has 9 heteroatoms. The lowest BCUT2D eigenvalue weighted by molar-refractivity contribution is -0.168. The average Bonchev–Trinajstić information content (AvgIpc) is 3.43. The lowest BCUT2D eigenvalue weighted by Gasteiger charge is -2.62. The molecule has 4 fully saturated rings. The van der Waals surface area contributed by atoms with Gasteiger partial charge in [0, 0.05) is 13.0 Å². The third-order valence-corrected chi connectivity index (χ3v) is 12.1. The Morgan fingerprint density at radius 3 is 2.49 bits per heavy atom. The molecule has 0 aromatic rings. The summed E-state index contributed by atoms with van der Waals surface area (Å²) in [4.78, 5) is 12.2. The first-order valence-corrected chi connectivity index (χ1v) is 15.3. The van der Waals surface area contributed by atoms with Crippen LogP contribution >= 0.6 is 0 Å². The van der Waals surface area contributed by atoms with Crippen molar-refractivity contribution in [2.75, 3.05) is 12.3 Å². The van der Waals surface area contributed by atoms with Crippen molar-refractivity contribution in [3.63, 3.8) is 0 Å². The summed E-state index contributed by atoms with van der Waals surface area (Å²) >= 11 is 0. The number of fused-ring (bicyclic) bond motifs is 5. The normalized spacial score (nSPS) is 44.3. The van der Waals surface area contributed by atoms with Crippen molar-refractivity contribution >= 4 is 16.0 Å². The summed E-state index contributed by atoms with van der Waals surface area (Å²) in [5, 5.41) is 22.8. The van der Waals surface area contributed by atoms with Crippen LogP contribution < -0.4 is 5.32 Å². The van der Waals surface area contributed by atoms with Crippen LogP contribution in [0.4, 0.5) is 0 Å². The number of hydrogen-bond acceptors (Lipinski definition) is 6. The SMILES string of the molecule is C[C@H](CCC(=O)NCCS(=O)(=O)O)[C@H]1CC[C@H]2[C@@H]3[C@@H](O)CC4CC5(CC[C@]4(C)[C@H]3CC[C@]12C)N=N5. The maximum atomic E-state index is 12.2. The van der Waals surface area contributed by atoms with E-state index in [1.54, 1.807) is 0 Å². The topological polar surface area (TPSA) is 128 Å². The lowest BCUT2D eigenvalue weighted by Crippen LogP contribution is -2.59. The third kappa shape index (κ3) is 4.58. The van der Waals surface area contributed by atoms with E-state index in [2.05, 4.69) is 36.3 Å². The highest BCUT2D eigenvalue weighted by Crippen LogP contribution is 2.69. The van der Waals surface area contributed by atoms with Gasteiger partial charge in [-0.3, -0.25) is 9.35 Å². The third-order valence-electron chi connectivity index (χ3n) is 11.4. The summed E-state index contributed by atoms with van der Waals surface area (Å²) in [5.74, 6) is 2.33. The van der Waals surface area contributed by atoms with E-state index in [1.165, 1.54) is 25.7 Å². The van der Waals surface area contributed by atoms with Gasteiger partial charge < -0.3 is 10.4 Å². The highest BCUT2D eigenvalue weighted by atomic mass is 32.2. The number of hydrogen-bond donors (Lipinski definition) is 3. The molecular weight excluding hydrogens is 466 g/mol. The van der Waals surface area contributed by atoms with Crippen LogP contribution in [-0.2, 0) is 14.9 Å². The molecule has 0 aromatic heterocycles. The van der Waals surface area contributed by atoms with Crippen LogP contribution in [0.2, 0.25) is 0 Å². The number of carbonyl (C=O) groups is 1. The van der Waals surface area contributed by atoms with Crippen LogP contribution in [0.3, 0.4) is 0 Å².